The Bertz CT molecular complexity index is 1050. The first-order valence-corrected chi connectivity index (χ1v) is 10.2. The molecule has 2 amide bonds. The van der Waals surface area contributed by atoms with Gasteiger partial charge in [0.15, 0.2) is 0 Å². The summed E-state index contributed by atoms with van der Waals surface area (Å²) in [6.45, 7) is 8.77. The van der Waals surface area contributed by atoms with Crippen LogP contribution in [0.25, 0.3) is 10.9 Å². The lowest BCUT2D eigenvalue weighted by Gasteiger charge is -2.13. The molecular formula is C24H28FN3O2. The van der Waals surface area contributed by atoms with Crippen LogP contribution >= 0.6 is 0 Å². The second-order valence-electron chi connectivity index (χ2n) is 8.26. The highest BCUT2D eigenvalue weighted by Gasteiger charge is 2.17. The van der Waals surface area contributed by atoms with Gasteiger partial charge >= 0.3 is 0 Å². The summed E-state index contributed by atoms with van der Waals surface area (Å²) >= 11 is 0. The lowest BCUT2D eigenvalue weighted by atomic mass is 10.2. The van der Waals surface area contributed by atoms with Gasteiger partial charge in [-0.25, -0.2) is 4.39 Å². The van der Waals surface area contributed by atoms with Crippen LogP contribution in [-0.2, 0) is 11.3 Å². The van der Waals surface area contributed by atoms with Crippen LogP contribution in [0.4, 0.5) is 10.1 Å². The Morgan fingerprint density at radius 2 is 1.70 bits per heavy atom. The number of halogens is 1. The van der Waals surface area contributed by atoms with Crippen molar-refractivity contribution in [2.45, 2.75) is 34.2 Å². The smallest absolute Gasteiger partial charge is 0.267 e. The van der Waals surface area contributed by atoms with Crippen molar-refractivity contribution in [3.8, 4) is 0 Å². The molecule has 3 aromatic rings. The number of amides is 2. The third kappa shape index (κ3) is 5.06. The van der Waals surface area contributed by atoms with E-state index < -0.39 is 0 Å². The van der Waals surface area contributed by atoms with E-state index in [9.17, 15) is 14.0 Å². The largest absolute Gasteiger partial charge is 0.351 e. The van der Waals surface area contributed by atoms with Crippen molar-refractivity contribution in [2.75, 3.05) is 11.9 Å². The lowest BCUT2D eigenvalue weighted by molar-refractivity contribution is -0.118. The Morgan fingerprint density at radius 3 is 2.33 bits per heavy atom. The summed E-state index contributed by atoms with van der Waals surface area (Å²) < 4.78 is 15.2. The van der Waals surface area contributed by atoms with Crippen LogP contribution in [0.2, 0.25) is 0 Å². The van der Waals surface area contributed by atoms with E-state index in [1.807, 2.05) is 56.5 Å². The highest BCUT2D eigenvalue weighted by Crippen LogP contribution is 2.25. The molecule has 2 aromatic carbocycles. The summed E-state index contributed by atoms with van der Waals surface area (Å²) in [6.07, 6.45) is 0. The number of nitrogens with one attached hydrogen (secondary N) is 2. The third-order valence-corrected chi connectivity index (χ3v) is 4.85. The number of carbonyl (C=O) groups is 2. The van der Waals surface area contributed by atoms with E-state index in [0.29, 0.717) is 30.4 Å². The van der Waals surface area contributed by atoms with Gasteiger partial charge in [0.05, 0.1) is 0 Å². The molecular weight excluding hydrogens is 381 g/mol. The first-order chi connectivity index (χ1) is 14.2. The van der Waals surface area contributed by atoms with Crippen LogP contribution in [0, 0.1) is 17.7 Å². The van der Waals surface area contributed by atoms with Gasteiger partial charge in [0.2, 0.25) is 5.91 Å². The topological polar surface area (TPSA) is 63.1 Å². The monoisotopic (exact) mass is 409 g/mol. The molecule has 0 saturated heterocycles. The standard InChI is InChI=1S/C24H28FN3O2/c1-15(2)13-26-24(30)22-12-18-11-20(27-23(29)16(3)4)9-10-21(18)28(22)14-17-5-7-19(25)8-6-17/h5-12,15-16H,13-14H2,1-4H3,(H,26,30)(H,27,29). The third-order valence-electron chi connectivity index (χ3n) is 4.85. The molecule has 158 valence electrons. The van der Waals surface area contributed by atoms with Crippen molar-refractivity contribution in [3.05, 3.63) is 65.6 Å². The Kier molecular flexibility index (Phi) is 6.55. The normalized spacial score (nSPS) is 11.3. The van der Waals surface area contributed by atoms with Crippen LogP contribution < -0.4 is 10.6 Å². The molecule has 0 unspecified atom stereocenters. The second kappa shape index (κ2) is 9.11. The van der Waals surface area contributed by atoms with Crippen molar-refractivity contribution < 1.29 is 14.0 Å². The van der Waals surface area contributed by atoms with E-state index in [0.717, 1.165) is 16.5 Å². The molecule has 30 heavy (non-hydrogen) atoms. The fourth-order valence-electron chi connectivity index (χ4n) is 3.15. The molecule has 1 aromatic heterocycles. The summed E-state index contributed by atoms with van der Waals surface area (Å²) in [5, 5.41) is 6.72. The number of hydrogen-bond donors (Lipinski definition) is 2. The summed E-state index contributed by atoms with van der Waals surface area (Å²) in [4.78, 5) is 24.9. The molecule has 0 atom stereocenters. The van der Waals surface area contributed by atoms with Gasteiger partial charge in [-0.15, -0.1) is 0 Å². The second-order valence-corrected chi connectivity index (χ2v) is 8.26. The minimum Gasteiger partial charge on any atom is -0.351 e. The maximum absolute atomic E-state index is 13.3. The first kappa shape index (κ1) is 21.6. The molecule has 0 radical (unpaired) electrons. The van der Waals surface area contributed by atoms with Gasteiger partial charge in [0, 0.05) is 35.6 Å². The minimum absolute atomic E-state index is 0.0602. The van der Waals surface area contributed by atoms with Crippen LogP contribution in [0.5, 0.6) is 0 Å². The molecule has 0 fully saturated rings. The van der Waals surface area contributed by atoms with Gasteiger partial charge in [-0.1, -0.05) is 39.8 Å². The van der Waals surface area contributed by atoms with Crippen molar-refractivity contribution in [1.29, 1.82) is 0 Å². The van der Waals surface area contributed by atoms with Crippen molar-refractivity contribution >= 4 is 28.4 Å². The van der Waals surface area contributed by atoms with Crippen molar-refractivity contribution in [2.24, 2.45) is 11.8 Å². The molecule has 0 aliphatic carbocycles. The maximum atomic E-state index is 13.3. The predicted octanol–water partition coefficient (Wildman–Crippen LogP) is 4.81. The van der Waals surface area contributed by atoms with E-state index >= 15 is 0 Å². The number of rotatable bonds is 7. The molecule has 2 N–H and O–H groups in total. The number of fused-ring (bicyclic) bond motifs is 1. The fraction of sp³-hybridized carbons (Fsp3) is 0.333. The highest BCUT2D eigenvalue weighted by molar-refractivity contribution is 6.00. The number of carbonyl (C=O) groups excluding carboxylic acids is 2. The molecule has 0 spiro atoms. The minimum atomic E-state index is -0.295. The van der Waals surface area contributed by atoms with Gasteiger partial charge in [0.1, 0.15) is 11.5 Å². The zero-order valence-electron chi connectivity index (χ0n) is 17.8. The molecule has 0 aliphatic rings. The molecule has 0 saturated carbocycles. The lowest BCUT2D eigenvalue weighted by Crippen LogP contribution is -2.29. The van der Waals surface area contributed by atoms with Crippen LogP contribution in [0.1, 0.15) is 43.7 Å². The zero-order chi connectivity index (χ0) is 21.8. The Balaban J connectivity index is 2.00. The molecule has 0 bridgehead atoms. The van der Waals surface area contributed by atoms with Crippen molar-refractivity contribution in [3.63, 3.8) is 0 Å². The van der Waals surface area contributed by atoms with Crippen LogP contribution in [-0.4, -0.2) is 22.9 Å². The number of nitrogens with zero attached hydrogens (tertiary/aromatic N) is 1. The summed E-state index contributed by atoms with van der Waals surface area (Å²) in [6, 6.07) is 13.7. The maximum Gasteiger partial charge on any atom is 0.267 e. The fourth-order valence-corrected chi connectivity index (χ4v) is 3.15. The van der Waals surface area contributed by atoms with E-state index in [1.165, 1.54) is 12.1 Å². The average molecular weight is 410 g/mol. The Labute approximate surface area is 176 Å². The quantitative estimate of drug-likeness (QED) is 0.588. The Hall–Kier alpha value is -3.15. The van der Waals surface area contributed by atoms with Gasteiger partial charge in [-0.2, -0.15) is 0 Å². The predicted molar refractivity (Wildman–Crippen MR) is 118 cm³/mol. The average Bonchev–Trinajstić information content (AvgIpc) is 3.05. The highest BCUT2D eigenvalue weighted by atomic mass is 19.1. The first-order valence-electron chi connectivity index (χ1n) is 10.2. The van der Waals surface area contributed by atoms with Gasteiger partial charge in [0.25, 0.3) is 5.91 Å². The van der Waals surface area contributed by atoms with Crippen molar-refractivity contribution in [1.82, 2.24) is 9.88 Å². The Morgan fingerprint density at radius 1 is 1.00 bits per heavy atom. The zero-order valence-corrected chi connectivity index (χ0v) is 17.8. The molecule has 6 heteroatoms. The molecule has 1 heterocycles. The summed E-state index contributed by atoms with van der Waals surface area (Å²) in [5.74, 6) is -0.302. The van der Waals surface area contributed by atoms with Gasteiger partial charge in [-0.05, 0) is 47.9 Å². The molecule has 5 nitrogen and oxygen atoms in total. The molecule has 0 aliphatic heterocycles. The van der Waals surface area contributed by atoms with E-state index in [2.05, 4.69) is 10.6 Å². The van der Waals surface area contributed by atoms with E-state index in [1.54, 1.807) is 12.1 Å². The van der Waals surface area contributed by atoms with Gasteiger partial charge in [-0.3, -0.25) is 9.59 Å². The number of hydrogen-bond acceptors (Lipinski definition) is 2. The summed E-state index contributed by atoms with van der Waals surface area (Å²) in [5.41, 5.74) is 2.98. The van der Waals surface area contributed by atoms with E-state index in [4.69, 9.17) is 0 Å². The van der Waals surface area contributed by atoms with Gasteiger partial charge < -0.3 is 15.2 Å². The number of anilines is 1. The number of benzene rings is 2. The molecule has 3 rings (SSSR count). The van der Waals surface area contributed by atoms with E-state index in [-0.39, 0.29) is 23.5 Å². The van der Waals surface area contributed by atoms with Crippen LogP contribution in [0.3, 0.4) is 0 Å². The number of aromatic nitrogens is 1. The summed E-state index contributed by atoms with van der Waals surface area (Å²) in [7, 11) is 0. The van der Waals surface area contributed by atoms with Crippen LogP contribution in [0.15, 0.2) is 48.5 Å². The SMILES string of the molecule is CC(C)CNC(=O)c1cc2cc(NC(=O)C(C)C)ccc2n1Cc1ccc(F)cc1.